The Morgan fingerprint density at radius 3 is 2.65 bits per heavy atom. The van der Waals surface area contributed by atoms with Crippen LogP contribution in [0.25, 0.3) is 11.4 Å². The van der Waals surface area contributed by atoms with E-state index in [0.29, 0.717) is 5.92 Å². The minimum atomic E-state index is 0.563. The van der Waals surface area contributed by atoms with E-state index in [4.69, 9.17) is 10.7 Å². The van der Waals surface area contributed by atoms with E-state index in [0.717, 1.165) is 23.8 Å². The molecular formula is C15H23N5. The van der Waals surface area contributed by atoms with Crippen molar-refractivity contribution in [2.45, 2.75) is 51.5 Å². The Balaban J connectivity index is 2.05. The predicted octanol–water partition coefficient (Wildman–Crippen LogP) is 2.93. The van der Waals surface area contributed by atoms with Crippen molar-refractivity contribution in [3.8, 4) is 11.4 Å². The number of nitrogens with zero attached hydrogens (tertiary/aromatic N) is 4. The number of nitrogen functional groups attached to an aromatic ring is 1. The average Bonchev–Trinajstić information content (AvgIpc) is 3.03. The van der Waals surface area contributed by atoms with E-state index < -0.39 is 0 Å². The van der Waals surface area contributed by atoms with E-state index in [1.807, 2.05) is 17.8 Å². The highest BCUT2D eigenvalue weighted by Crippen LogP contribution is 2.36. The topological polar surface area (TPSA) is 61.7 Å². The maximum Gasteiger partial charge on any atom is 0.133 e. The van der Waals surface area contributed by atoms with Crippen molar-refractivity contribution < 1.29 is 0 Å². The summed E-state index contributed by atoms with van der Waals surface area (Å²) in [5.74, 6) is 2.51. The van der Waals surface area contributed by atoms with Gasteiger partial charge in [0.05, 0.1) is 18.2 Å². The predicted molar refractivity (Wildman–Crippen MR) is 80.3 cm³/mol. The molecule has 0 unspecified atom stereocenters. The van der Waals surface area contributed by atoms with Crippen LogP contribution in [0.4, 0.5) is 5.82 Å². The van der Waals surface area contributed by atoms with Gasteiger partial charge in [-0.2, -0.15) is 0 Å². The van der Waals surface area contributed by atoms with Gasteiger partial charge in [-0.25, -0.2) is 9.97 Å². The number of aromatic nitrogens is 4. The third-order valence-corrected chi connectivity index (χ3v) is 4.38. The normalized spacial score (nSPS) is 16.7. The summed E-state index contributed by atoms with van der Waals surface area (Å²) in [6, 6.07) is 0. The molecule has 1 fully saturated rings. The molecule has 2 N–H and O–H groups in total. The molecule has 0 saturated heterocycles. The minimum absolute atomic E-state index is 0.563. The maximum atomic E-state index is 6.34. The lowest BCUT2D eigenvalue weighted by Crippen LogP contribution is -2.12. The first-order valence-corrected chi connectivity index (χ1v) is 7.55. The van der Waals surface area contributed by atoms with Crippen LogP contribution < -0.4 is 5.73 Å². The van der Waals surface area contributed by atoms with Gasteiger partial charge >= 0.3 is 0 Å². The summed E-state index contributed by atoms with van der Waals surface area (Å²) in [6.07, 6.45) is 10.1. The molecule has 0 radical (unpaired) electrons. The van der Waals surface area contributed by atoms with Crippen molar-refractivity contribution in [3.05, 3.63) is 18.3 Å². The lowest BCUT2D eigenvalue weighted by Gasteiger charge is -2.21. The molecule has 20 heavy (non-hydrogen) atoms. The number of nitrogens with two attached hydrogens (primary N) is 1. The minimum Gasteiger partial charge on any atom is -0.383 e. The van der Waals surface area contributed by atoms with Gasteiger partial charge < -0.3 is 14.9 Å². The Kier molecular flexibility index (Phi) is 3.51. The van der Waals surface area contributed by atoms with Gasteiger partial charge in [-0.1, -0.05) is 19.3 Å². The zero-order chi connectivity index (χ0) is 14.1. The lowest BCUT2D eigenvalue weighted by atomic mass is 9.88. The summed E-state index contributed by atoms with van der Waals surface area (Å²) < 4.78 is 4.15. The van der Waals surface area contributed by atoms with E-state index in [1.165, 1.54) is 37.9 Å². The quantitative estimate of drug-likeness (QED) is 0.935. The zero-order valence-corrected chi connectivity index (χ0v) is 12.3. The molecule has 2 heterocycles. The van der Waals surface area contributed by atoms with E-state index in [1.54, 1.807) is 6.33 Å². The summed E-state index contributed by atoms with van der Waals surface area (Å²) in [7, 11) is 1.98. The van der Waals surface area contributed by atoms with E-state index in [-0.39, 0.29) is 0 Å². The van der Waals surface area contributed by atoms with Gasteiger partial charge in [0.1, 0.15) is 17.3 Å². The third-order valence-electron chi connectivity index (χ3n) is 4.38. The van der Waals surface area contributed by atoms with Crippen molar-refractivity contribution in [2.24, 2.45) is 7.05 Å². The molecule has 0 spiro atoms. The molecule has 0 aliphatic heterocycles. The molecule has 1 saturated carbocycles. The molecule has 5 nitrogen and oxygen atoms in total. The lowest BCUT2D eigenvalue weighted by molar-refractivity contribution is 0.418. The van der Waals surface area contributed by atoms with Gasteiger partial charge in [0.15, 0.2) is 0 Å². The molecule has 5 heteroatoms. The molecule has 0 amide bonds. The Labute approximate surface area is 119 Å². The zero-order valence-electron chi connectivity index (χ0n) is 12.3. The Hall–Kier alpha value is -1.78. The summed E-state index contributed by atoms with van der Waals surface area (Å²) in [5.41, 5.74) is 8.22. The van der Waals surface area contributed by atoms with Gasteiger partial charge in [-0.3, -0.25) is 0 Å². The van der Waals surface area contributed by atoms with Crippen LogP contribution in [0.15, 0.2) is 12.5 Å². The fraction of sp³-hybridized carbons (Fsp3) is 0.600. The number of rotatable bonds is 3. The second-order valence-corrected chi connectivity index (χ2v) is 5.67. The van der Waals surface area contributed by atoms with Gasteiger partial charge in [-0.15, -0.1) is 0 Å². The van der Waals surface area contributed by atoms with Crippen LogP contribution in [-0.2, 0) is 13.6 Å². The van der Waals surface area contributed by atoms with Crippen LogP contribution in [0.2, 0.25) is 0 Å². The molecule has 0 bridgehead atoms. The van der Waals surface area contributed by atoms with Gasteiger partial charge in [0.2, 0.25) is 0 Å². The van der Waals surface area contributed by atoms with Crippen LogP contribution in [0.3, 0.4) is 0 Å². The van der Waals surface area contributed by atoms with Crippen molar-refractivity contribution in [1.82, 2.24) is 19.1 Å². The monoisotopic (exact) mass is 273 g/mol. The Bertz CT molecular complexity index is 589. The number of imidazole rings is 2. The SMILES string of the molecule is CCn1c(C2CCCCC2)nc(-c2cncn2C)c1N. The van der Waals surface area contributed by atoms with E-state index in [9.17, 15) is 0 Å². The molecule has 2 aromatic heterocycles. The Morgan fingerprint density at radius 1 is 1.30 bits per heavy atom. The van der Waals surface area contributed by atoms with Crippen LogP contribution in [-0.4, -0.2) is 19.1 Å². The third kappa shape index (κ3) is 2.11. The van der Waals surface area contributed by atoms with Crippen molar-refractivity contribution in [1.29, 1.82) is 0 Å². The highest BCUT2D eigenvalue weighted by molar-refractivity contribution is 5.68. The molecule has 108 valence electrons. The molecule has 0 atom stereocenters. The fourth-order valence-corrected chi connectivity index (χ4v) is 3.26. The summed E-state index contributed by atoms with van der Waals surface area (Å²) in [5, 5.41) is 0. The summed E-state index contributed by atoms with van der Waals surface area (Å²) in [6.45, 7) is 3.01. The largest absolute Gasteiger partial charge is 0.383 e. The maximum absolute atomic E-state index is 6.34. The first-order chi connectivity index (χ1) is 9.72. The second-order valence-electron chi connectivity index (χ2n) is 5.67. The highest BCUT2D eigenvalue weighted by atomic mass is 15.2. The van der Waals surface area contributed by atoms with Crippen LogP contribution in [0.5, 0.6) is 0 Å². The molecular weight excluding hydrogens is 250 g/mol. The number of anilines is 1. The van der Waals surface area contributed by atoms with E-state index in [2.05, 4.69) is 16.5 Å². The van der Waals surface area contributed by atoms with Gasteiger partial charge in [0, 0.05) is 19.5 Å². The average molecular weight is 273 g/mol. The summed E-state index contributed by atoms with van der Waals surface area (Å²) in [4.78, 5) is 9.06. The van der Waals surface area contributed by atoms with Crippen molar-refractivity contribution in [3.63, 3.8) is 0 Å². The summed E-state index contributed by atoms with van der Waals surface area (Å²) >= 11 is 0. The highest BCUT2D eigenvalue weighted by Gasteiger charge is 2.24. The van der Waals surface area contributed by atoms with Crippen LogP contribution in [0.1, 0.15) is 50.8 Å². The first-order valence-electron chi connectivity index (χ1n) is 7.55. The first kappa shape index (κ1) is 13.2. The van der Waals surface area contributed by atoms with Crippen LogP contribution >= 0.6 is 0 Å². The van der Waals surface area contributed by atoms with Crippen molar-refractivity contribution in [2.75, 3.05) is 5.73 Å². The van der Waals surface area contributed by atoms with E-state index >= 15 is 0 Å². The second kappa shape index (κ2) is 5.31. The van der Waals surface area contributed by atoms with Crippen molar-refractivity contribution >= 4 is 5.82 Å². The van der Waals surface area contributed by atoms with Gasteiger partial charge in [0.25, 0.3) is 0 Å². The van der Waals surface area contributed by atoms with Gasteiger partial charge in [-0.05, 0) is 19.8 Å². The number of hydrogen-bond acceptors (Lipinski definition) is 3. The standard InChI is InChI=1S/C15H23N5/c1-3-20-14(16)13(12-9-17-10-19(12)2)18-15(20)11-7-5-4-6-8-11/h9-11H,3-8,16H2,1-2H3. The molecule has 2 aromatic rings. The smallest absolute Gasteiger partial charge is 0.133 e. The molecule has 0 aromatic carbocycles. The molecule has 1 aliphatic carbocycles. The molecule has 1 aliphatic rings. The fourth-order valence-electron chi connectivity index (χ4n) is 3.26. The van der Waals surface area contributed by atoms with Crippen LogP contribution in [0, 0.1) is 0 Å². The number of aryl methyl sites for hydroxylation is 1. The molecule has 3 rings (SSSR count). The Morgan fingerprint density at radius 2 is 2.05 bits per heavy atom. The number of hydrogen-bond donors (Lipinski definition) is 1.